The molecule has 0 spiro atoms. The van der Waals surface area contributed by atoms with Gasteiger partial charge in [-0.1, -0.05) is 62.4 Å². The first-order chi connectivity index (χ1) is 9.74. The van der Waals surface area contributed by atoms with Crippen LogP contribution in [0.1, 0.15) is 25.3 Å². The lowest BCUT2D eigenvalue weighted by molar-refractivity contribution is 0.146. The Hall–Kier alpha value is -1.80. The highest BCUT2D eigenvalue weighted by Gasteiger charge is 1.93. The van der Waals surface area contributed by atoms with Crippen LogP contribution in [0.2, 0.25) is 0 Å². The molecule has 0 saturated heterocycles. The van der Waals surface area contributed by atoms with Crippen molar-refractivity contribution in [2.24, 2.45) is 0 Å². The molecule has 0 amide bonds. The largest absolute Gasteiger partial charge is 0.491 e. The predicted octanol–water partition coefficient (Wildman–Crippen LogP) is 4.52. The van der Waals surface area contributed by atoms with Crippen LogP contribution in [0.25, 0.3) is 0 Å². The van der Waals surface area contributed by atoms with Crippen molar-refractivity contribution in [1.29, 1.82) is 0 Å². The van der Waals surface area contributed by atoms with Crippen molar-refractivity contribution in [3.63, 3.8) is 0 Å². The third kappa shape index (κ3) is 6.95. The second kappa shape index (κ2) is 10.0. The molecule has 0 aromatic heterocycles. The monoisotopic (exact) mass is 272 g/mol. The number of methoxy groups -OCH3 is 1. The van der Waals surface area contributed by atoms with Crippen LogP contribution in [-0.4, -0.2) is 20.3 Å². The molecule has 0 aliphatic carbocycles. The Morgan fingerprint density at radius 3 is 1.80 bits per heavy atom. The van der Waals surface area contributed by atoms with Crippen molar-refractivity contribution < 1.29 is 9.47 Å². The molecule has 0 radical (unpaired) electrons. The molecule has 2 rings (SSSR count). The summed E-state index contributed by atoms with van der Waals surface area (Å²) in [6.45, 7) is 5.65. The minimum Gasteiger partial charge on any atom is -0.491 e. The number of hydrogen-bond donors (Lipinski definition) is 0. The molecule has 2 aromatic rings. The zero-order chi connectivity index (χ0) is 14.6. The summed E-state index contributed by atoms with van der Waals surface area (Å²) in [5.74, 6) is 1.55. The van der Waals surface area contributed by atoms with Gasteiger partial charge in [-0.05, 0) is 23.6 Å². The molecule has 0 atom stereocenters. The zero-order valence-electron chi connectivity index (χ0n) is 12.6. The molecule has 0 saturated carbocycles. The molecule has 0 fully saturated rings. The smallest absolute Gasteiger partial charge is 0.119 e. The standard InChI is InChI=1S/C9H12O2.C9H12/c1-10-7-8-11-9-5-3-2-4-6-9;1-8(2)9-6-4-3-5-7-9/h2-6H,7-8H2,1H3;3-8H,1-2H3. The number of rotatable bonds is 5. The third-order valence-corrected chi connectivity index (χ3v) is 2.77. The number of hydrogen-bond acceptors (Lipinski definition) is 2. The first-order valence-electron chi connectivity index (χ1n) is 6.95. The van der Waals surface area contributed by atoms with Crippen LogP contribution in [0, 0.1) is 0 Å². The van der Waals surface area contributed by atoms with Gasteiger partial charge in [0.1, 0.15) is 12.4 Å². The fourth-order valence-electron chi connectivity index (χ4n) is 1.60. The summed E-state index contributed by atoms with van der Waals surface area (Å²) in [6, 6.07) is 20.2. The summed E-state index contributed by atoms with van der Waals surface area (Å²) in [5, 5.41) is 0. The lowest BCUT2D eigenvalue weighted by Gasteiger charge is -2.03. The van der Waals surface area contributed by atoms with Gasteiger partial charge in [-0.2, -0.15) is 0 Å². The van der Waals surface area contributed by atoms with Gasteiger partial charge < -0.3 is 9.47 Å². The highest BCUT2D eigenvalue weighted by Crippen LogP contribution is 2.11. The molecule has 2 aromatic carbocycles. The van der Waals surface area contributed by atoms with Crippen molar-refractivity contribution in [3.05, 3.63) is 66.2 Å². The molecule has 20 heavy (non-hydrogen) atoms. The van der Waals surface area contributed by atoms with Crippen LogP contribution in [0.15, 0.2) is 60.7 Å². The van der Waals surface area contributed by atoms with Crippen LogP contribution in [-0.2, 0) is 4.74 Å². The van der Waals surface area contributed by atoms with E-state index in [9.17, 15) is 0 Å². The number of para-hydroxylation sites is 1. The molecule has 0 unspecified atom stereocenters. The SMILES string of the molecule is CC(C)c1ccccc1.COCCOc1ccccc1. The molecule has 2 nitrogen and oxygen atoms in total. The van der Waals surface area contributed by atoms with Gasteiger partial charge in [-0.15, -0.1) is 0 Å². The molecule has 0 heterocycles. The van der Waals surface area contributed by atoms with E-state index in [4.69, 9.17) is 9.47 Å². The van der Waals surface area contributed by atoms with Gasteiger partial charge in [-0.25, -0.2) is 0 Å². The highest BCUT2D eigenvalue weighted by molar-refractivity contribution is 5.20. The van der Waals surface area contributed by atoms with Crippen molar-refractivity contribution in [1.82, 2.24) is 0 Å². The molecule has 0 bridgehead atoms. The normalized spacial score (nSPS) is 9.80. The van der Waals surface area contributed by atoms with Crippen molar-refractivity contribution in [2.75, 3.05) is 20.3 Å². The topological polar surface area (TPSA) is 18.5 Å². The molecule has 0 aliphatic rings. The summed E-state index contributed by atoms with van der Waals surface area (Å²) in [7, 11) is 1.66. The van der Waals surface area contributed by atoms with Crippen LogP contribution < -0.4 is 4.74 Å². The van der Waals surface area contributed by atoms with E-state index < -0.39 is 0 Å². The quantitative estimate of drug-likeness (QED) is 0.745. The van der Waals surface area contributed by atoms with Gasteiger partial charge in [0, 0.05) is 7.11 Å². The minimum atomic E-state index is 0.612. The Morgan fingerprint density at radius 1 is 0.800 bits per heavy atom. The summed E-state index contributed by atoms with van der Waals surface area (Å²) in [4.78, 5) is 0. The van der Waals surface area contributed by atoms with E-state index in [0.29, 0.717) is 19.1 Å². The summed E-state index contributed by atoms with van der Waals surface area (Å²) in [6.07, 6.45) is 0. The van der Waals surface area contributed by atoms with Gasteiger partial charge in [0.15, 0.2) is 0 Å². The van der Waals surface area contributed by atoms with E-state index in [0.717, 1.165) is 5.75 Å². The Bertz CT molecular complexity index is 437. The maximum atomic E-state index is 5.32. The van der Waals surface area contributed by atoms with Crippen molar-refractivity contribution >= 4 is 0 Å². The fraction of sp³-hybridized carbons (Fsp3) is 0.333. The van der Waals surface area contributed by atoms with E-state index in [1.807, 2.05) is 36.4 Å². The van der Waals surface area contributed by atoms with E-state index in [-0.39, 0.29) is 0 Å². The van der Waals surface area contributed by atoms with Crippen LogP contribution in [0.4, 0.5) is 0 Å². The second-order valence-corrected chi connectivity index (χ2v) is 4.72. The maximum Gasteiger partial charge on any atom is 0.119 e. The fourth-order valence-corrected chi connectivity index (χ4v) is 1.60. The summed E-state index contributed by atoms with van der Waals surface area (Å²) >= 11 is 0. The van der Waals surface area contributed by atoms with Gasteiger partial charge in [0.2, 0.25) is 0 Å². The highest BCUT2D eigenvalue weighted by atomic mass is 16.5. The molecule has 0 N–H and O–H groups in total. The molecule has 2 heteroatoms. The zero-order valence-corrected chi connectivity index (χ0v) is 12.6. The van der Waals surface area contributed by atoms with Gasteiger partial charge in [-0.3, -0.25) is 0 Å². The third-order valence-electron chi connectivity index (χ3n) is 2.77. The predicted molar refractivity (Wildman–Crippen MR) is 84.3 cm³/mol. The van der Waals surface area contributed by atoms with Gasteiger partial charge >= 0.3 is 0 Å². The minimum absolute atomic E-state index is 0.612. The molecular weight excluding hydrogens is 248 g/mol. The molecule has 0 aliphatic heterocycles. The van der Waals surface area contributed by atoms with E-state index in [2.05, 4.69) is 38.1 Å². The second-order valence-electron chi connectivity index (χ2n) is 4.72. The molecular formula is C18H24O2. The number of ether oxygens (including phenoxy) is 2. The van der Waals surface area contributed by atoms with E-state index in [1.165, 1.54) is 5.56 Å². The van der Waals surface area contributed by atoms with Crippen molar-refractivity contribution in [2.45, 2.75) is 19.8 Å². The van der Waals surface area contributed by atoms with Crippen LogP contribution >= 0.6 is 0 Å². The maximum absolute atomic E-state index is 5.32. The van der Waals surface area contributed by atoms with Gasteiger partial charge in [0.25, 0.3) is 0 Å². The van der Waals surface area contributed by atoms with E-state index >= 15 is 0 Å². The lowest BCUT2D eigenvalue weighted by atomic mass is 10.0. The molecule has 108 valence electrons. The Balaban J connectivity index is 0.000000204. The summed E-state index contributed by atoms with van der Waals surface area (Å²) < 4.78 is 10.2. The van der Waals surface area contributed by atoms with Crippen LogP contribution in [0.5, 0.6) is 5.75 Å². The van der Waals surface area contributed by atoms with Crippen LogP contribution in [0.3, 0.4) is 0 Å². The lowest BCUT2D eigenvalue weighted by Crippen LogP contribution is -2.03. The number of benzene rings is 2. The Labute approximate surface area is 122 Å². The first-order valence-corrected chi connectivity index (χ1v) is 6.95. The average molecular weight is 272 g/mol. The van der Waals surface area contributed by atoms with Gasteiger partial charge in [0.05, 0.1) is 6.61 Å². The Kier molecular flexibility index (Phi) is 8.16. The van der Waals surface area contributed by atoms with Crippen molar-refractivity contribution in [3.8, 4) is 5.75 Å². The summed E-state index contributed by atoms with van der Waals surface area (Å²) in [5.41, 5.74) is 1.41. The van der Waals surface area contributed by atoms with E-state index in [1.54, 1.807) is 7.11 Å². The Morgan fingerprint density at radius 2 is 1.35 bits per heavy atom. The average Bonchev–Trinajstić information content (AvgIpc) is 2.50. The first kappa shape index (κ1) is 16.3.